The normalized spacial score (nSPS) is 15.0. The van der Waals surface area contributed by atoms with Crippen molar-refractivity contribution in [3.63, 3.8) is 0 Å². The maximum absolute atomic E-state index is 13.5. The summed E-state index contributed by atoms with van der Waals surface area (Å²) in [7, 11) is 0. The van der Waals surface area contributed by atoms with Crippen molar-refractivity contribution in [3.8, 4) is 0 Å². The molecule has 8 nitrogen and oxygen atoms in total. The molecule has 0 aromatic heterocycles. The number of amidine groups is 1. The lowest BCUT2D eigenvalue weighted by Crippen LogP contribution is -2.45. The summed E-state index contributed by atoms with van der Waals surface area (Å²) in [6.07, 6.45) is 5.61. The molecule has 1 aliphatic rings. The third kappa shape index (κ3) is 7.28. The van der Waals surface area contributed by atoms with Crippen molar-refractivity contribution in [2.45, 2.75) is 32.6 Å². The number of carbonyl (C=O) groups is 3. The smallest absolute Gasteiger partial charge is 0.303 e. The molecule has 190 valence electrons. The first kappa shape index (κ1) is 26.7. The van der Waals surface area contributed by atoms with Gasteiger partial charge in [0.1, 0.15) is 5.84 Å². The molecule has 3 rings (SSSR count). The highest BCUT2D eigenvalue weighted by atomic mass is 16.4. The summed E-state index contributed by atoms with van der Waals surface area (Å²) in [6.45, 7) is 3.23. The summed E-state index contributed by atoms with van der Waals surface area (Å²) in [5.74, 6) is -1.42. The van der Waals surface area contributed by atoms with Gasteiger partial charge in [0, 0.05) is 43.4 Å². The lowest BCUT2D eigenvalue weighted by atomic mass is 9.92. The number of piperidine rings is 1. The molecule has 0 saturated carbocycles. The minimum Gasteiger partial charge on any atom is -0.481 e. The van der Waals surface area contributed by atoms with Gasteiger partial charge in [-0.1, -0.05) is 49.4 Å². The summed E-state index contributed by atoms with van der Waals surface area (Å²) in [5.41, 5.74) is 7.44. The topological polar surface area (TPSA) is 128 Å². The molecule has 0 spiro atoms. The quantitative estimate of drug-likeness (QED) is 0.345. The van der Waals surface area contributed by atoms with Crippen LogP contribution in [0.15, 0.2) is 60.8 Å². The highest BCUT2D eigenvalue weighted by Crippen LogP contribution is 2.23. The number of nitrogens with two attached hydrogens (primary N) is 1. The average Bonchev–Trinajstić information content (AvgIpc) is 2.89. The molecule has 1 unspecified atom stereocenters. The molecular weight excluding hydrogens is 456 g/mol. The van der Waals surface area contributed by atoms with E-state index in [1.165, 1.54) is 0 Å². The van der Waals surface area contributed by atoms with Gasteiger partial charge in [0.25, 0.3) is 5.91 Å². The molecular formula is C28H34N4O4. The molecule has 8 heteroatoms. The fourth-order valence-corrected chi connectivity index (χ4v) is 4.39. The van der Waals surface area contributed by atoms with Crippen LogP contribution >= 0.6 is 0 Å². The highest BCUT2D eigenvalue weighted by Gasteiger charge is 2.30. The Morgan fingerprint density at radius 3 is 2.25 bits per heavy atom. The van der Waals surface area contributed by atoms with E-state index in [4.69, 9.17) is 16.2 Å². The number of nitrogen functional groups attached to an aromatic ring is 1. The molecule has 1 saturated heterocycles. The number of aliphatic carboxylic acids is 1. The van der Waals surface area contributed by atoms with Crippen LogP contribution in [-0.4, -0.2) is 58.2 Å². The Morgan fingerprint density at radius 2 is 1.69 bits per heavy atom. The lowest BCUT2D eigenvalue weighted by molar-refractivity contribution is -0.139. The van der Waals surface area contributed by atoms with Crippen molar-refractivity contribution in [2.75, 3.05) is 19.6 Å². The minimum absolute atomic E-state index is 0.0101. The Labute approximate surface area is 211 Å². The van der Waals surface area contributed by atoms with Crippen molar-refractivity contribution in [1.29, 1.82) is 5.41 Å². The van der Waals surface area contributed by atoms with Gasteiger partial charge in [-0.05, 0) is 49.0 Å². The predicted octanol–water partition coefficient (Wildman–Crippen LogP) is 3.82. The van der Waals surface area contributed by atoms with Gasteiger partial charge in [-0.25, -0.2) is 0 Å². The first-order valence-corrected chi connectivity index (χ1v) is 12.3. The zero-order valence-electron chi connectivity index (χ0n) is 20.6. The van der Waals surface area contributed by atoms with Gasteiger partial charge in [0.05, 0.1) is 5.92 Å². The second kappa shape index (κ2) is 12.7. The monoisotopic (exact) mass is 490 g/mol. The number of likely N-dealkylation sites (tertiary alicyclic amines) is 1. The molecule has 1 fully saturated rings. The molecule has 4 N–H and O–H groups in total. The molecule has 2 aromatic carbocycles. The van der Waals surface area contributed by atoms with Gasteiger partial charge in [0.15, 0.2) is 0 Å². The van der Waals surface area contributed by atoms with Crippen molar-refractivity contribution in [3.05, 3.63) is 77.5 Å². The maximum atomic E-state index is 13.5. The molecule has 1 aliphatic heterocycles. The van der Waals surface area contributed by atoms with E-state index in [1.54, 1.807) is 40.3 Å². The van der Waals surface area contributed by atoms with Gasteiger partial charge >= 0.3 is 5.97 Å². The fourth-order valence-electron chi connectivity index (χ4n) is 4.39. The summed E-state index contributed by atoms with van der Waals surface area (Å²) < 4.78 is 0. The molecule has 0 aliphatic carbocycles. The zero-order valence-corrected chi connectivity index (χ0v) is 20.6. The van der Waals surface area contributed by atoms with Crippen LogP contribution in [0.25, 0.3) is 6.08 Å². The largest absolute Gasteiger partial charge is 0.481 e. The van der Waals surface area contributed by atoms with Crippen LogP contribution in [0.3, 0.4) is 0 Å². The molecule has 36 heavy (non-hydrogen) atoms. The first-order chi connectivity index (χ1) is 17.3. The van der Waals surface area contributed by atoms with Crippen LogP contribution in [0, 0.1) is 17.2 Å². The third-order valence-corrected chi connectivity index (χ3v) is 6.60. The highest BCUT2D eigenvalue weighted by molar-refractivity contribution is 5.98. The van der Waals surface area contributed by atoms with E-state index in [2.05, 4.69) is 0 Å². The summed E-state index contributed by atoms with van der Waals surface area (Å²) in [4.78, 5) is 41.2. The second-order valence-electron chi connectivity index (χ2n) is 9.15. The first-order valence-electron chi connectivity index (χ1n) is 12.3. The average molecular weight is 491 g/mol. The Balaban J connectivity index is 1.77. The number of benzene rings is 2. The zero-order chi connectivity index (χ0) is 26.1. The van der Waals surface area contributed by atoms with Crippen molar-refractivity contribution >= 4 is 29.7 Å². The van der Waals surface area contributed by atoms with Crippen molar-refractivity contribution < 1.29 is 19.5 Å². The van der Waals surface area contributed by atoms with Gasteiger partial charge in [-0.2, -0.15) is 0 Å². The molecule has 2 amide bonds. The van der Waals surface area contributed by atoms with Gasteiger partial charge in [-0.15, -0.1) is 0 Å². The number of nitrogens with one attached hydrogen (secondary N) is 1. The maximum Gasteiger partial charge on any atom is 0.303 e. The summed E-state index contributed by atoms with van der Waals surface area (Å²) in [6, 6.07) is 16.2. The summed E-state index contributed by atoms with van der Waals surface area (Å²) in [5, 5.41) is 16.6. The minimum atomic E-state index is -0.804. The Bertz CT molecular complexity index is 1090. The van der Waals surface area contributed by atoms with Crippen LogP contribution in [-0.2, 0) is 9.59 Å². The number of carboxylic acid groups (broad SMARTS) is 1. The molecule has 0 radical (unpaired) electrons. The predicted molar refractivity (Wildman–Crippen MR) is 139 cm³/mol. The van der Waals surface area contributed by atoms with Crippen molar-refractivity contribution in [2.24, 2.45) is 17.6 Å². The molecule has 2 aromatic rings. The fraction of sp³-hybridized carbons (Fsp3) is 0.357. The number of rotatable bonds is 10. The van der Waals surface area contributed by atoms with E-state index in [0.29, 0.717) is 43.5 Å². The second-order valence-corrected chi connectivity index (χ2v) is 9.15. The van der Waals surface area contributed by atoms with Gasteiger partial charge in [0.2, 0.25) is 5.91 Å². The SMILES string of the molecule is CCC(CN(/C=C/c1ccccc1)C(=O)c1ccc(C(=N)N)cc1)C(=O)N1CCC(CC(=O)O)CC1. The Morgan fingerprint density at radius 1 is 1.08 bits per heavy atom. The summed E-state index contributed by atoms with van der Waals surface area (Å²) >= 11 is 0. The van der Waals surface area contributed by atoms with Gasteiger partial charge < -0.3 is 20.6 Å². The van der Waals surface area contributed by atoms with Crippen molar-refractivity contribution in [1.82, 2.24) is 9.80 Å². The number of hydrogen-bond donors (Lipinski definition) is 3. The van der Waals surface area contributed by atoms with Crippen LogP contribution in [0.2, 0.25) is 0 Å². The number of carbonyl (C=O) groups excluding carboxylic acids is 2. The molecule has 0 bridgehead atoms. The van der Waals surface area contributed by atoms with Crippen LogP contribution in [0.4, 0.5) is 0 Å². The standard InChI is InChI=1S/C28H34N4O4/c1-2-22(27(35)31-15-13-21(14-16-31)18-25(33)34)19-32(17-12-20-6-4-3-5-7-20)28(36)24-10-8-23(9-11-24)26(29)30/h3-12,17,21-22H,2,13-16,18-19H2,1H3,(H3,29,30)(H,33,34)/b17-12+. The van der Waals surface area contributed by atoms with E-state index in [9.17, 15) is 14.4 Å². The van der Waals surface area contributed by atoms with E-state index in [0.717, 1.165) is 5.56 Å². The molecule has 1 heterocycles. The number of amides is 2. The van der Waals surface area contributed by atoms with E-state index >= 15 is 0 Å². The third-order valence-electron chi connectivity index (χ3n) is 6.60. The van der Waals surface area contributed by atoms with Gasteiger partial charge in [-0.3, -0.25) is 19.8 Å². The van der Waals surface area contributed by atoms with E-state index in [1.807, 2.05) is 43.3 Å². The van der Waals surface area contributed by atoms with Crippen LogP contribution in [0.5, 0.6) is 0 Å². The number of hydrogen-bond acceptors (Lipinski definition) is 4. The number of nitrogens with zero attached hydrogens (tertiary/aromatic N) is 2. The lowest BCUT2D eigenvalue weighted by Gasteiger charge is -2.34. The Hall–Kier alpha value is -3.94. The van der Waals surface area contributed by atoms with Crippen LogP contribution in [0.1, 0.15) is 54.1 Å². The number of carboxylic acids is 1. The molecule has 1 atom stereocenters. The van der Waals surface area contributed by atoms with E-state index in [-0.39, 0.29) is 42.5 Å². The van der Waals surface area contributed by atoms with Crippen LogP contribution < -0.4 is 5.73 Å². The Kier molecular flexibility index (Phi) is 9.39. The van der Waals surface area contributed by atoms with E-state index < -0.39 is 5.97 Å².